The molecule has 4 aromatic rings. The summed E-state index contributed by atoms with van der Waals surface area (Å²) < 4.78 is 0. The predicted molar refractivity (Wildman–Crippen MR) is 136 cm³/mol. The van der Waals surface area contributed by atoms with E-state index in [0.29, 0.717) is 11.8 Å². The van der Waals surface area contributed by atoms with Gasteiger partial charge in [-0.15, -0.1) is 0 Å². The maximum atomic E-state index is 13.0. The van der Waals surface area contributed by atoms with Gasteiger partial charge < -0.3 is 10.6 Å². The van der Waals surface area contributed by atoms with Crippen molar-refractivity contribution in [2.24, 2.45) is 11.8 Å². The van der Waals surface area contributed by atoms with Gasteiger partial charge in [0.05, 0.1) is 0 Å². The van der Waals surface area contributed by atoms with E-state index in [2.05, 4.69) is 34.9 Å². The molecule has 0 unspecified atom stereocenters. The fraction of sp³-hybridized carbons (Fsp3) is 0.200. The van der Waals surface area contributed by atoms with E-state index in [1.165, 1.54) is 11.1 Å². The van der Waals surface area contributed by atoms with Crippen molar-refractivity contribution in [3.05, 3.63) is 108 Å². The largest absolute Gasteiger partial charge is 0.325 e. The Labute approximate surface area is 199 Å². The molecule has 4 heteroatoms. The first kappa shape index (κ1) is 20.7. The Hall–Kier alpha value is -3.92. The van der Waals surface area contributed by atoms with E-state index < -0.39 is 0 Å². The van der Waals surface area contributed by atoms with Gasteiger partial charge in [0.1, 0.15) is 0 Å². The number of anilines is 2. The van der Waals surface area contributed by atoms with E-state index in [0.717, 1.165) is 35.0 Å². The van der Waals surface area contributed by atoms with E-state index >= 15 is 0 Å². The summed E-state index contributed by atoms with van der Waals surface area (Å²) in [6.45, 7) is 0. The third kappa shape index (κ3) is 3.96. The zero-order valence-corrected chi connectivity index (χ0v) is 18.8. The van der Waals surface area contributed by atoms with Crippen LogP contribution in [-0.4, -0.2) is 11.8 Å². The molecule has 0 heterocycles. The van der Waals surface area contributed by atoms with Crippen LogP contribution in [0.1, 0.15) is 35.8 Å². The molecule has 2 saturated carbocycles. The van der Waals surface area contributed by atoms with Crippen molar-refractivity contribution in [2.75, 3.05) is 10.6 Å². The van der Waals surface area contributed by atoms with Crippen LogP contribution in [0.15, 0.2) is 97.1 Å². The maximum absolute atomic E-state index is 13.0. The number of benzene rings is 4. The zero-order chi connectivity index (χ0) is 23.1. The highest BCUT2D eigenvalue weighted by Gasteiger charge is 2.44. The quantitative estimate of drug-likeness (QED) is 0.364. The number of carbonyl (C=O) groups excluding carboxylic acids is 2. The minimum absolute atomic E-state index is 0.00493. The molecule has 0 aromatic heterocycles. The Morgan fingerprint density at radius 3 is 1.35 bits per heavy atom. The highest BCUT2D eigenvalue weighted by atomic mass is 16.2. The van der Waals surface area contributed by atoms with Gasteiger partial charge in [0.15, 0.2) is 0 Å². The maximum Gasteiger partial charge on any atom is 0.228 e. The molecule has 4 nitrogen and oxygen atoms in total. The molecule has 2 aliphatic carbocycles. The molecule has 4 atom stereocenters. The van der Waals surface area contributed by atoms with Gasteiger partial charge in [-0.3, -0.25) is 9.59 Å². The van der Waals surface area contributed by atoms with Gasteiger partial charge in [-0.05, 0) is 47.9 Å². The highest BCUT2D eigenvalue weighted by molar-refractivity contribution is 6.10. The fourth-order valence-corrected chi connectivity index (χ4v) is 5.09. The monoisotopic (exact) mass is 446 g/mol. The van der Waals surface area contributed by atoms with Gasteiger partial charge in [0.25, 0.3) is 0 Å². The van der Waals surface area contributed by atoms with Gasteiger partial charge in [-0.1, -0.05) is 84.9 Å². The second-order valence-electron chi connectivity index (χ2n) is 9.40. The second kappa shape index (κ2) is 8.45. The van der Waals surface area contributed by atoms with Crippen LogP contribution < -0.4 is 10.6 Å². The van der Waals surface area contributed by atoms with E-state index in [4.69, 9.17) is 0 Å². The molecule has 2 aliphatic rings. The standard InChI is InChI=1S/C30H26N2O2/c33-29(25-17-23(25)19-9-3-1-4-10-19)31-27-15-7-14-22-21(27)13-8-16-28(22)32-30(34)26-18-24(26)20-11-5-2-6-12-20/h1-16,23-26H,17-18H2,(H,31,33)(H,32,34)/t23-,24+,25-,26-/m1/s1. The first-order valence-electron chi connectivity index (χ1n) is 11.9. The molecule has 0 aliphatic heterocycles. The Kier molecular flexibility index (Phi) is 5.14. The van der Waals surface area contributed by atoms with Gasteiger partial charge in [-0.25, -0.2) is 0 Å². The van der Waals surface area contributed by atoms with Gasteiger partial charge >= 0.3 is 0 Å². The highest BCUT2D eigenvalue weighted by Crippen LogP contribution is 2.49. The normalized spacial score (nSPS) is 22.7. The lowest BCUT2D eigenvalue weighted by Crippen LogP contribution is -2.16. The summed E-state index contributed by atoms with van der Waals surface area (Å²) in [6.07, 6.45) is 1.76. The van der Waals surface area contributed by atoms with Crippen LogP contribution in [0.25, 0.3) is 10.8 Å². The summed E-state index contributed by atoms with van der Waals surface area (Å²) in [6, 6.07) is 32.1. The molecule has 34 heavy (non-hydrogen) atoms. The van der Waals surface area contributed by atoms with E-state index in [-0.39, 0.29) is 23.7 Å². The Morgan fingerprint density at radius 1 is 0.529 bits per heavy atom. The lowest BCUT2D eigenvalue weighted by atomic mass is 10.1. The average molecular weight is 447 g/mol. The van der Waals surface area contributed by atoms with Crippen LogP contribution in [0, 0.1) is 11.8 Å². The second-order valence-corrected chi connectivity index (χ2v) is 9.40. The number of carbonyl (C=O) groups is 2. The van der Waals surface area contributed by atoms with Crippen molar-refractivity contribution in [3.63, 3.8) is 0 Å². The smallest absolute Gasteiger partial charge is 0.228 e. The van der Waals surface area contributed by atoms with Crippen LogP contribution >= 0.6 is 0 Å². The van der Waals surface area contributed by atoms with Gasteiger partial charge in [0, 0.05) is 34.0 Å². The minimum Gasteiger partial charge on any atom is -0.325 e. The van der Waals surface area contributed by atoms with Crippen LogP contribution in [0.5, 0.6) is 0 Å². The van der Waals surface area contributed by atoms with Crippen molar-refractivity contribution in [3.8, 4) is 0 Å². The first-order valence-corrected chi connectivity index (χ1v) is 11.9. The molecule has 0 radical (unpaired) electrons. The Morgan fingerprint density at radius 2 is 0.941 bits per heavy atom. The molecule has 6 rings (SSSR count). The summed E-state index contributed by atoms with van der Waals surface area (Å²) in [4.78, 5) is 25.9. The number of nitrogens with one attached hydrogen (secondary N) is 2. The van der Waals surface area contributed by atoms with E-state index in [1.807, 2.05) is 72.8 Å². The summed E-state index contributed by atoms with van der Waals surface area (Å²) in [7, 11) is 0. The lowest BCUT2D eigenvalue weighted by molar-refractivity contribution is -0.118. The summed E-state index contributed by atoms with van der Waals surface area (Å²) >= 11 is 0. The molecule has 0 bridgehead atoms. The average Bonchev–Trinajstić information content (AvgIpc) is 3.79. The Balaban J connectivity index is 1.17. The Bertz CT molecular complexity index is 1260. The van der Waals surface area contributed by atoms with Crippen LogP contribution in [0.4, 0.5) is 11.4 Å². The number of fused-ring (bicyclic) bond motifs is 1. The van der Waals surface area contributed by atoms with Crippen LogP contribution in [0.3, 0.4) is 0 Å². The molecule has 0 spiro atoms. The molecule has 168 valence electrons. The minimum atomic E-state index is 0.00493. The third-order valence-electron chi connectivity index (χ3n) is 7.15. The van der Waals surface area contributed by atoms with E-state index in [1.54, 1.807) is 0 Å². The number of hydrogen-bond acceptors (Lipinski definition) is 2. The number of amides is 2. The zero-order valence-electron chi connectivity index (χ0n) is 18.8. The fourth-order valence-electron chi connectivity index (χ4n) is 5.09. The SMILES string of the molecule is O=C(Nc1cccc2c(NC(=O)[C@@H]3C[C@H]3c3ccccc3)cccc12)[C@@H]1C[C@@H]1c1ccccc1. The molecule has 2 fully saturated rings. The number of rotatable bonds is 6. The summed E-state index contributed by atoms with van der Waals surface area (Å²) in [5.41, 5.74) is 4.01. The van der Waals surface area contributed by atoms with Crippen LogP contribution in [0.2, 0.25) is 0 Å². The van der Waals surface area contributed by atoms with Crippen molar-refractivity contribution in [1.82, 2.24) is 0 Å². The van der Waals surface area contributed by atoms with Crippen molar-refractivity contribution < 1.29 is 9.59 Å². The summed E-state index contributed by atoms with van der Waals surface area (Å²) in [5.74, 6) is 0.707. The lowest BCUT2D eigenvalue weighted by Gasteiger charge is -2.13. The van der Waals surface area contributed by atoms with Gasteiger partial charge in [-0.2, -0.15) is 0 Å². The molecule has 4 aromatic carbocycles. The molecule has 2 N–H and O–H groups in total. The predicted octanol–water partition coefficient (Wildman–Crippen LogP) is 6.32. The van der Waals surface area contributed by atoms with Crippen molar-refractivity contribution in [2.45, 2.75) is 24.7 Å². The van der Waals surface area contributed by atoms with Gasteiger partial charge in [0.2, 0.25) is 11.8 Å². The molecular formula is C30H26N2O2. The van der Waals surface area contributed by atoms with E-state index in [9.17, 15) is 9.59 Å². The number of hydrogen-bond donors (Lipinski definition) is 2. The van der Waals surface area contributed by atoms with Crippen molar-refractivity contribution in [1.29, 1.82) is 0 Å². The third-order valence-corrected chi connectivity index (χ3v) is 7.15. The molecular weight excluding hydrogens is 420 g/mol. The van der Waals surface area contributed by atoms with Crippen LogP contribution in [-0.2, 0) is 9.59 Å². The van der Waals surface area contributed by atoms with Crippen molar-refractivity contribution >= 4 is 34.0 Å². The molecule has 0 saturated heterocycles. The first-order chi connectivity index (χ1) is 16.7. The topological polar surface area (TPSA) is 58.2 Å². The molecule has 2 amide bonds. The summed E-state index contributed by atoms with van der Waals surface area (Å²) in [5, 5.41) is 8.14.